The fourth-order valence-electron chi connectivity index (χ4n) is 2.89. The summed E-state index contributed by atoms with van der Waals surface area (Å²) in [6.07, 6.45) is 0.815. The van der Waals surface area contributed by atoms with Crippen LogP contribution < -0.4 is 15.4 Å². The quantitative estimate of drug-likeness (QED) is 0.796. The highest BCUT2D eigenvalue weighted by molar-refractivity contribution is 7.99. The minimum absolute atomic E-state index is 0.00128. The van der Waals surface area contributed by atoms with E-state index in [0.717, 1.165) is 6.42 Å². The summed E-state index contributed by atoms with van der Waals surface area (Å²) in [5.74, 6) is 1.27. The number of anilines is 1. The van der Waals surface area contributed by atoms with Crippen LogP contribution in [0, 0.1) is 0 Å². The first kappa shape index (κ1) is 18.4. The second-order valence-corrected chi connectivity index (χ2v) is 7.10. The van der Waals surface area contributed by atoms with E-state index in [1.165, 1.54) is 16.7 Å². The molecule has 0 spiro atoms. The Bertz CT molecular complexity index is 682. The third kappa shape index (κ3) is 4.21. The average Bonchev–Trinajstić information content (AvgIpc) is 3.14. The van der Waals surface area contributed by atoms with Crippen LogP contribution >= 0.6 is 11.8 Å². The number of carbonyl (C=O) groups excluding carboxylic acids is 3. The minimum Gasteiger partial charge on any atom is -0.497 e. The number of rotatable bonds is 5. The van der Waals surface area contributed by atoms with Crippen molar-refractivity contribution >= 4 is 35.3 Å². The summed E-state index contributed by atoms with van der Waals surface area (Å²) in [7, 11) is 1.58. The molecule has 0 aliphatic carbocycles. The standard InChI is InChI=1S/C17H22N4O4S/c1-25-13-5-3-12(4-6-13)19-16(23)14-10-26-11-21(14)15(22)9-20-8-2-7-18-17(20)24/h3-6,14H,2,7-11H2,1H3,(H,18,24)(H,19,23). The number of amides is 4. The highest BCUT2D eigenvalue weighted by Gasteiger charge is 2.36. The van der Waals surface area contributed by atoms with Crippen LogP contribution in [-0.2, 0) is 9.59 Å². The van der Waals surface area contributed by atoms with Crippen LogP contribution in [0.15, 0.2) is 24.3 Å². The summed E-state index contributed by atoms with van der Waals surface area (Å²) in [6.45, 7) is 1.19. The average molecular weight is 378 g/mol. The zero-order chi connectivity index (χ0) is 18.5. The normalized spacial score (nSPS) is 19.9. The SMILES string of the molecule is COc1ccc(NC(=O)C2CSCN2C(=O)CN2CCCNC2=O)cc1. The number of ether oxygens (including phenoxy) is 1. The number of hydrogen-bond donors (Lipinski definition) is 2. The topological polar surface area (TPSA) is 91.0 Å². The van der Waals surface area contributed by atoms with Crippen LogP contribution in [0.1, 0.15) is 6.42 Å². The maximum absolute atomic E-state index is 12.6. The summed E-state index contributed by atoms with van der Waals surface area (Å²) in [6, 6.07) is 6.26. The van der Waals surface area contributed by atoms with Gasteiger partial charge in [-0.1, -0.05) is 0 Å². The van der Waals surface area contributed by atoms with E-state index in [4.69, 9.17) is 4.74 Å². The molecule has 0 saturated carbocycles. The highest BCUT2D eigenvalue weighted by atomic mass is 32.2. The fraction of sp³-hybridized carbons (Fsp3) is 0.471. The molecule has 1 aromatic carbocycles. The van der Waals surface area contributed by atoms with Crippen LogP contribution in [0.5, 0.6) is 5.75 Å². The molecule has 0 aromatic heterocycles. The Balaban J connectivity index is 1.60. The molecule has 1 unspecified atom stereocenters. The number of nitrogens with one attached hydrogen (secondary N) is 2. The van der Waals surface area contributed by atoms with Crippen molar-refractivity contribution < 1.29 is 19.1 Å². The number of carbonyl (C=O) groups is 3. The first-order valence-corrected chi connectivity index (χ1v) is 9.59. The van der Waals surface area contributed by atoms with Crippen molar-refractivity contribution in [3.05, 3.63) is 24.3 Å². The van der Waals surface area contributed by atoms with Gasteiger partial charge in [0, 0.05) is 24.5 Å². The maximum Gasteiger partial charge on any atom is 0.317 e. The molecule has 2 aliphatic heterocycles. The van der Waals surface area contributed by atoms with Gasteiger partial charge >= 0.3 is 6.03 Å². The molecule has 26 heavy (non-hydrogen) atoms. The summed E-state index contributed by atoms with van der Waals surface area (Å²) >= 11 is 1.53. The Kier molecular flexibility index (Phi) is 5.87. The first-order valence-electron chi connectivity index (χ1n) is 8.43. The van der Waals surface area contributed by atoms with Gasteiger partial charge in [-0.25, -0.2) is 4.79 Å². The zero-order valence-corrected chi connectivity index (χ0v) is 15.4. The summed E-state index contributed by atoms with van der Waals surface area (Å²) in [5.41, 5.74) is 0.649. The van der Waals surface area contributed by atoms with Gasteiger partial charge in [0.05, 0.1) is 13.0 Å². The van der Waals surface area contributed by atoms with E-state index in [9.17, 15) is 14.4 Å². The molecule has 2 N–H and O–H groups in total. The van der Waals surface area contributed by atoms with Crippen molar-refractivity contribution in [2.24, 2.45) is 0 Å². The van der Waals surface area contributed by atoms with E-state index in [1.807, 2.05) is 0 Å². The largest absolute Gasteiger partial charge is 0.497 e. The summed E-state index contributed by atoms with van der Waals surface area (Å²) < 4.78 is 5.10. The van der Waals surface area contributed by atoms with Crippen molar-refractivity contribution in [2.75, 3.05) is 43.7 Å². The van der Waals surface area contributed by atoms with Crippen molar-refractivity contribution in [1.82, 2.24) is 15.1 Å². The van der Waals surface area contributed by atoms with Crippen molar-refractivity contribution in [3.63, 3.8) is 0 Å². The minimum atomic E-state index is -0.539. The molecule has 0 bridgehead atoms. The van der Waals surface area contributed by atoms with Crippen LogP contribution in [0.25, 0.3) is 0 Å². The van der Waals surface area contributed by atoms with E-state index in [-0.39, 0.29) is 24.4 Å². The van der Waals surface area contributed by atoms with E-state index < -0.39 is 6.04 Å². The van der Waals surface area contributed by atoms with Gasteiger partial charge in [-0.3, -0.25) is 9.59 Å². The highest BCUT2D eigenvalue weighted by Crippen LogP contribution is 2.23. The number of hydrogen-bond acceptors (Lipinski definition) is 5. The van der Waals surface area contributed by atoms with Gasteiger partial charge in [0.15, 0.2) is 0 Å². The van der Waals surface area contributed by atoms with Gasteiger partial charge in [-0.05, 0) is 30.7 Å². The van der Waals surface area contributed by atoms with E-state index in [2.05, 4.69) is 10.6 Å². The molecule has 8 nitrogen and oxygen atoms in total. The molecule has 2 fully saturated rings. The lowest BCUT2D eigenvalue weighted by atomic mass is 10.2. The lowest BCUT2D eigenvalue weighted by molar-refractivity contribution is -0.136. The van der Waals surface area contributed by atoms with Crippen LogP contribution in [-0.4, -0.2) is 72.1 Å². The second-order valence-electron chi connectivity index (χ2n) is 6.10. The third-order valence-corrected chi connectivity index (χ3v) is 5.37. The molecule has 2 aliphatic rings. The molecule has 1 aromatic rings. The predicted molar refractivity (Wildman–Crippen MR) is 99.2 cm³/mol. The Morgan fingerprint density at radius 3 is 2.81 bits per heavy atom. The number of thioether (sulfide) groups is 1. The van der Waals surface area contributed by atoms with Crippen LogP contribution in [0.2, 0.25) is 0 Å². The molecular formula is C17H22N4O4S. The van der Waals surface area contributed by atoms with E-state index in [1.54, 1.807) is 36.3 Å². The fourth-order valence-corrected chi connectivity index (χ4v) is 4.07. The number of benzene rings is 1. The smallest absolute Gasteiger partial charge is 0.317 e. The van der Waals surface area contributed by atoms with E-state index in [0.29, 0.717) is 36.2 Å². The maximum atomic E-state index is 12.6. The molecular weight excluding hydrogens is 356 g/mol. The van der Waals surface area contributed by atoms with Gasteiger partial charge in [0.25, 0.3) is 0 Å². The predicted octanol–water partition coefficient (Wildman–Crippen LogP) is 0.950. The Morgan fingerprint density at radius 2 is 2.12 bits per heavy atom. The van der Waals surface area contributed by atoms with Crippen molar-refractivity contribution in [3.8, 4) is 5.75 Å². The van der Waals surface area contributed by atoms with Gasteiger partial charge in [-0.2, -0.15) is 0 Å². The molecule has 2 saturated heterocycles. The van der Waals surface area contributed by atoms with Gasteiger partial charge in [0.2, 0.25) is 11.8 Å². The lowest BCUT2D eigenvalue weighted by Crippen LogP contribution is -2.53. The molecule has 140 valence electrons. The van der Waals surface area contributed by atoms with Gasteiger partial charge < -0.3 is 25.2 Å². The van der Waals surface area contributed by atoms with Gasteiger partial charge in [-0.15, -0.1) is 11.8 Å². The van der Waals surface area contributed by atoms with Crippen molar-refractivity contribution in [1.29, 1.82) is 0 Å². The molecule has 2 heterocycles. The summed E-state index contributed by atoms with van der Waals surface area (Å²) in [4.78, 5) is 40.0. The second kappa shape index (κ2) is 8.31. The Hall–Kier alpha value is -2.42. The van der Waals surface area contributed by atoms with Crippen LogP contribution in [0.3, 0.4) is 0 Å². The molecule has 3 rings (SSSR count). The van der Waals surface area contributed by atoms with E-state index >= 15 is 0 Å². The number of urea groups is 1. The molecule has 0 radical (unpaired) electrons. The van der Waals surface area contributed by atoms with Gasteiger partial charge in [0.1, 0.15) is 18.3 Å². The Morgan fingerprint density at radius 1 is 1.35 bits per heavy atom. The number of methoxy groups -OCH3 is 1. The summed E-state index contributed by atoms with van der Waals surface area (Å²) in [5, 5.41) is 5.56. The zero-order valence-electron chi connectivity index (χ0n) is 14.6. The Labute approximate surface area is 156 Å². The number of nitrogens with zero attached hydrogens (tertiary/aromatic N) is 2. The molecule has 1 atom stereocenters. The third-order valence-electron chi connectivity index (χ3n) is 4.36. The lowest BCUT2D eigenvalue weighted by Gasteiger charge is -2.30. The first-order chi connectivity index (χ1) is 12.6. The van der Waals surface area contributed by atoms with Crippen molar-refractivity contribution in [2.45, 2.75) is 12.5 Å². The molecule has 4 amide bonds. The monoisotopic (exact) mass is 378 g/mol. The molecule has 9 heteroatoms. The van der Waals surface area contributed by atoms with Crippen LogP contribution in [0.4, 0.5) is 10.5 Å².